The number of nitrogens with zero attached hydrogens (tertiary/aromatic N) is 3. The molecular weight excluding hydrogens is 382 g/mol. The highest BCUT2D eigenvalue weighted by molar-refractivity contribution is 6.36. The third-order valence-corrected chi connectivity index (χ3v) is 3.50. The molecule has 0 aliphatic heterocycles. The Hall–Kier alpha value is -2.32. The van der Waals surface area contributed by atoms with Gasteiger partial charge in [0.15, 0.2) is 6.61 Å². The minimum Gasteiger partial charge on any atom is -0.468 e. The first-order valence-electron chi connectivity index (χ1n) is 6.77. The first-order valence-corrected chi connectivity index (χ1v) is 7.52. The summed E-state index contributed by atoms with van der Waals surface area (Å²) in [7, 11) is 0. The van der Waals surface area contributed by atoms with Crippen molar-refractivity contribution in [2.45, 2.75) is 6.18 Å². The van der Waals surface area contributed by atoms with Crippen LogP contribution in [0.4, 0.5) is 13.2 Å². The molecule has 0 aliphatic carbocycles. The number of alkyl halides is 3. The first-order chi connectivity index (χ1) is 11.8. The molecule has 0 unspecified atom stereocenters. The number of halogens is 5. The molecule has 1 aromatic carbocycles. The minimum atomic E-state index is -4.43. The molecule has 3 aromatic rings. The summed E-state index contributed by atoms with van der Waals surface area (Å²) in [6.45, 7) is -1.42. The van der Waals surface area contributed by atoms with Crippen molar-refractivity contribution in [1.29, 1.82) is 0 Å². The fraction of sp³-hybridized carbons (Fsp3) is 0.133. The summed E-state index contributed by atoms with van der Waals surface area (Å²) >= 11 is 11.9. The van der Waals surface area contributed by atoms with Gasteiger partial charge in [-0.15, -0.1) is 10.2 Å². The molecule has 25 heavy (non-hydrogen) atoms. The Kier molecular flexibility index (Phi) is 4.82. The summed E-state index contributed by atoms with van der Waals surface area (Å²) in [5.74, 6) is 0.145. The number of aromatic nitrogens is 3. The standard InChI is InChI=1S/C15H8Cl2F3N3O2/c16-9-2-3-10(11(17)5-9)14-23-22-13(25-14)8-1-4-12(21-6-8)24-7-15(18,19)20/h1-6H,7H2. The molecule has 2 aromatic heterocycles. The van der Waals surface area contributed by atoms with Crippen LogP contribution in [0.3, 0.4) is 0 Å². The minimum absolute atomic E-state index is 0.135. The van der Waals surface area contributed by atoms with Crippen molar-refractivity contribution in [3.63, 3.8) is 0 Å². The molecule has 0 radical (unpaired) electrons. The highest BCUT2D eigenvalue weighted by atomic mass is 35.5. The zero-order chi connectivity index (χ0) is 18.0. The van der Waals surface area contributed by atoms with Gasteiger partial charge in [-0.3, -0.25) is 0 Å². The van der Waals surface area contributed by atoms with Crippen LogP contribution in [0, 0.1) is 0 Å². The molecule has 0 bridgehead atoms. The summed E-state index contributed by atoms with van der Waals surface area (Å²) in [6, 6.07) is 7.53. The molecule has 130 valence electrons. The summed E-state index contributed by atoms with van der Waals surface area (Å²) in [5.41, 5.74) is 0.922. The Morgan fingerprint density at radius 3 is 2.44 bits per heavy atom. The molecule has 0 saturated carbocycles. The molecule has 3 rings (SSSR count). The average Bonchev–Trinajstić information content (AvgIpc) is 3.02. The van der Waals surface area contributed by atoms with E-state index in [0.29, 0.717) is 21.2 Å². The van der Waals surface area contributed by atoms with Gasteiger partial charge in [0.05, 0.1) is 16.1 Å². The molecular formula is C15H8Cl2F3N3O2. The van der Waals surface area contributed by atoms with E-state index < -0.39 is 12.8 Å². The highest BCUT2D eigenvalue weighted by Crippen LogP contribution is 2.31. The Morgan fingerprint density at radius 2 is 1.80 bits per heavy atom. The van der Waals surface area contributed by atoms with Crippen LogP contribution >= 0.6 is 23.2 Å². The number of pyridine rings is 1. The van der Waals surface area contributed by atoms with Crippen molar-refractivity contribution in [3.8, 4) is 28.8 Å². The molecule has 0 spiro atoms. The summed E-state index contributed by atoms with van der Waals surface area (Å²) in [6.07, 6.45) is -3.16. The number of hydrogen-bond acceptors (Lipinski definition) is 5. The fourth-order valence-electron chi connectivity index (χ4n) is 1.86. The monoisotopic (exact) mass is 389 g/mol. The average molecular weight is 390 g/mol. The maximum atomic E-state index is 12.1. The number of rotatable bonds is 4. The van der Waals surface area contributed by atoms with E-state index >= 15 is 0 Å². The lowest BCUT2D eigenvalue weighted by molar-refractivity contribution is -0.154. The van der Waals surface area contributed by atoms with E-state index in [-0.39, 0.29) is 17.7 Å². The van der Waals surface area contributed by atoms with Gasteiger partial charge in [-0.1, -0.05) is 23.2 Å². The van der Waals surface area contributed by atoms with Crippen LogP contribution in [0.1, 0.15) is 0 Å². The fourth-order valence-corrected chi connectivity index (χ4v) is 2.35. The molecule has 0 fully saturated rings. The van der Waals surface area contributed by atoms with E-state index in [1.807, 2.05) is 0 Å². The number of benzene rings is 1. The van der Waals surface area contributed by atoms with E-state index in [2.05, 4.69) is 19.9 Å². The van der Waals surface area contributed by atoms with Crippen LogP contribution in [-0.4, -0.2) is 28.0 Å². The SMILES string of the molecule is FC(F)(F)COc1ccc(-c2nnc(-c3ccc(Cl)cc3Cl)o2)cn1. The maximum absolute atomic E-state index is 12.1. The molecule has 5 nitrogen and oxygen atoms in total. The molecule has 0 aliphatic rings. The van der Waals surface area contributed by atoms with E-state index in [1.165, 1.54) is 24.4 Å². The predicted octanol–water partition coefficient (Wildman–Crippen LogP) is 5.05. The van der Waals surface area contributed by atoms with Crippen molar-refractivity contribution in [3.05, 3.63) is 46.6 Å². The van der Waals surface area contributed by atoms with Crippen molar-refractivity contribution < 1.29 is 22.3 Å². The van der Waals surface area contributed by atoms with Crippen molar-refractivity contribution >= 4 is 23.2 Å². The van der Waals surface area contributed by atoms with Gasteiger partial charge in [-0.2, -0.15) is 13.2 Å². The van der Waals surface area contributed by atoms with E-state index in [4.69, 9.17) is 27.6 Å². The van der Waals surface area contributed by atoms with Gasteiger partial charge >= 0.3 is 6.18 Å². The molecule has 0 atom stereocenters. The van der Waals surface area contributed by atoms with Crippen LogP contribution in [0.25, 0.3) is 22.9 Å². The zero-order valence-electron chi connectivity index (χ0n) is 12.2. The Morgan fingerprint density at radius 1 is 1.04 bits per heavy atom. The highest BCUT2D eigenvalue weighted by Gasteiger charge is 2.28. The van der Waals surface area contributed by atoms with E-state index in [9.17, 15) is 13.2 Å². The molecule has 0 N–H and O–H groups in total. The molecule has 2 heterocycles. The molecule has 0 saturated heterocycles. The number of hydrogen-bond donors (Lipinski definition) is 0. The van der Waals surface area contributed by atoms with Gasteiger partial charge in [0.2, 0.25) is 17.7 Å². The lowest BCUT2D eigenvalue weighted by atomic mass is 10.2. The summed E-state index contributed by atoms with van der Waals surface area (Å²) < 4.78 is 46.4. The maximum Gasteiger partial charge on any atom is 0.422 e. The normalized spacial score (nSPS) is 11.6. The summed E-state index contributed by atoms with van der Waals surface area (Å²) in [4.78, 5) is 3.78. The molecule has 10 heteroatoms. The topological polar surface area (TPSA) is 61.0 Å². The van der Waals surface area contributed by atoms with Gasteiger partial charge in [0.1, 0.15) is 0 Å². The molecule has 0 amide bonds. The van der Waals surface area contributed by atoms with Crippen molar-refractivity contribution in [2.75, 3.05) is 6.61 Å². The second-order valence-corrected chi connectivity index (χ2v) is 5.67. The van der Waals surface area contributed by atoms with Gasteiger partial charge in [-0.25, -0.2) is 4.98 Å². The van der Waals surface area contributed by atoms with Crippen LogP contribution < -0.4 is 4.74 Å². The third kappa shape index (κ3) is 4.40. The second-order valence-electron chi connectivity index (χ2n) is 4.83. The Labute approximate surface area is 149 Å². The Bertz CT molecular complexity index is 882. The van der Waals surface area contributed by atoms with Crippen molar-refractivity contribution in [1.82, 2.24) is 15.2 Å². The third-order valence-electron chi connectivity index (χ3n) is 2.95. The second kappa shape index (κ2) is 6.89. The lowest BCUT2D eigenvalue weighted by Gasteiger charge is -2.07. The van der Waals surface area contributed by atoms with Crippen LogP contribution in [-0.2, 0) is 0 Å². The van der Waals surface area contributed by atoms with Gasteiger partial charge in [-0.05, 0) is 24.3 Å². The van der Waals surface area contributed by atoms with E-state index in [0.717, 1.165) is 0 Å². The first kappa shape index (κ1) is 17.5. The quantitative estimate of drug-likeness (QED) is 0.624. The zero-order valence-corrected chi connectivity index (χ0v) is 13.7. The van der Waals surface area contributed by atoms with Crippen molar-refractivity contribution in [2.24, 2.45) is 0 Å². The summed E-state index contributed by atoms with van der Waals surface area (Å²) in [5, 5.41) is 8.57. The smallest absolute Gasteiger partial charge is 0.422 e. The van der Waals surface area contributed by atoms with E-state index in [1.54, 1.807) is 12.1 Å². The van der Waals surface area contributed by atoms with Gasteiger partial charge in [0.25, 0.3) is 0 Å². The van der Waals surface area contributed by atoms with Crippen LogP contribution in [0.2, 0.25) is 10.0 Å². The number of ether oxygens (including phenoxy) is 1. The predicted molar refractivity (Wildman–Crippen MR) is 84.5 cm³/mol. The lowest BCUT2D eigenvalue weighted by Crippen LogP contribution is -2.19. The van der Waals surface area contributed by atoms with Gasteiger partial charge < -0.3 is 9.15 Å². The van der Waals surface area contributed by atoms with Crippen LogP contribution in [0.15, 0.2) is 40.9 Å². The Balaban J connectivity index is 1.78. The van der Waals surface area contributed by atoms with Gasteiger partial charge in [0, 0.05) is 17.3 Å². The largest absolute Gasteiger partial charge is 0.468 e. The van der Waals surface area contributed by atoms with Crippen LogP contribution in [0.5, 0.6) is 5.88 Å².